The number of hydrogen-bond donors (Lipinski definition) is 34. The van der Waals surface area contributed by atoms with E-state index in [0.29, 0.717) is 0 Å². The van der Waals surface area contributed by atoms with Gasteiger partial charge in [0.05, 0.1) is 72.2 Å². The molecule has 0 spiro atoms. The van der Waals surface area contributed by atoms with E-state index in [0.717, 1.165) is 34.6 Å². The third-order valence-electron chi connectivity index (χ3n) is 24.9. The zero-order valence-electron chi connectivity index (χ0n) is 73.4. The Labute approximate surface area is 770 Å². The van der Waals surface area contributed by atoms with Gasteiger partial charge in [0.15, 0.2) is 69.2 Å². The van der Waals surface area contributed by atoms with Gasteiger partial charge in [0.2, 0.25) is 29.5 Å². The zero-order chi connectivity index (χ0) is 100. The molecule has 0 bridgehead atoms. The van der Waals surface area contributed by atoms with E-state index in [4.69, 9.17) is 99.5 Å². The molecule has 786 valence electrons. The second-order valence-electron chi connectivity index (χ2n) is 34.5. The summed E-state index contributed by atoms with van der Waals surface area (Å²) in [5.74, 6) is -4.87. The highest BCUT2D eigenvalue weighted by Crippen LogP contribution is 2.42. The molecule has 11 fully saturated rings. The fourth-order valence-corrected chi connectivity index (χ4v) is 17.7. The Morgan fingerprint density at radius 3 is 0.860 bits per heavy atom. The quantitative estimate of drug-likeness (QED) is 0.0280. The number of hydrogen-bond acceptors (Lipinski definition) is 55. The van der Waals surface area contributed by atoms with Crippen LogP contribution < -0.4 is 26.6 Å². The molecule has 11 aliphatic rings. The number of ether oxygens (including phenoxy) is 21. The summed E-state index contributed by atoms with van der Waals surface area (Å²) in [5.41, 5.74) is 0. The summed E-state index contributed by atoms with van der Waals surface area (Å²) in [5, 5.41) is 339. The molecule has 0 aliphatic carbocycles. The largest absolute Gasteiger partial charge is 0.394 e. The summed E-state index contributed by atoms with van der Waals surface area (Å²) >= 11 is 0. The maximum absolute atomic E-state index is 13.4. The van der Waals surface area contributed by atoms with Crippen LogP contribution in [0.4, 0.5) is 0 Å². The van der Waals surface area contributed by atoms with Crippen LogP contribution in [0.3, 0.4) is 0 Å². The molecule has 60 nitrogen and oxygen atoms in total. The Bertz CT molecular complexity index is 3760. The van der Waals surface area contributed by atoms with E-state index in [9.17, 15) is 172 Å². The van der Waals surface area contributed by atoms with Crippen LogP contribution in [0.15, 0.2) is 0 Å². The molecule has 1 unspecified atom stereocenters. The Morgan fingerprint density at radius 1 is 0.206 bits per heavy atom. The number of amides is 5. The Balaban J connectivity index is 0.984. The van der Waals surface area contributed by atoms with Gasteiger partial charge in [-0.3, -0.25) is 24.0 Å². The van der Waals surface area contributed by atoms with E-state index in [1.807, 2.05) is 0 Å². The number of aliphatic hydroxyl groups excluding tert-OH is 29. The van der Waals surface area contributed by atoms with Crippen molar-refractivity contribution < 1.29 is 272 Å². The molecule has 11 rings (SSSR count). The SMILES string of the molecule is CC(=O)N[C@H]1[C@H](O[C@H]2[C@H](O)[C@@H](NC(C)=O)C(O)O[C@@H]2CO[C@@H]2O[C@@H](C)[C@@H](O)[C@@H](O)[C@@H]2O)O[C@H](CO)[C@@H](O[C@@H]2O[C@H](CO[C@H]3O[C@H](CO)[C@@H](O)[C@H](O)[C@@H]3O[C@@H]3O[C@H](CO)[C@@H](O)[C@H](O)[C@H]3NC(C)=O)[C@@H](O)[C@H](O[C@H]3O[C@H](CO)[C@@H](O[C@@H]4O[C@H](CO)[C@@H](O[C@@H]5O[C@H](CO)[C@H](O)[C@H](O)[C@H]5O)[C@H](O)[C@H]4NC(C)=O)[C@H](O)[C@@H]3O[C@@H]3O[C@H](CO)[C@@H](O[C@@H]4O[C@H](CO)[C@H](O)[C@H](O)[C@H]4O)[C@H](O)[C@H]3NC(C)=O)[C@@H]2O)[C@@H]1O. The topological polar surface area (TPSA) is 926 Å². The fraction of sp³-hybridized carbons (Fsp3) is 0.934. The van der Waals surface area contributed by atoms with Crippen LogP contribution in [0, 0.1) is 0 Å². The van der Waals surface area contributed by atoms with Gasteiger partial charge in [-0.05, 0) is 6.92 Å². The standard InChI is InChI=1S/C76H127N5O55/c1-17-38(95)49(106)53(110)71(118-17)116-16-32-62(45(102)33(66(115)119-32)77-18(2)90)130-69-36(80-21(5)93)47(104)60(29(13-88)125-69)133-74-57(114)63(43(100)31(128-74)15-117-75-64(52(109)42(99)26(10-85)123-75)135-67-34(78-19(3)91)44(101)39(96)23(7-82)120-67)134-76-65(136-70-37(81-22(6)94)48(105)59(28(12-87)126-70)132-73-55(112)51(108)41(98)25(9-84)122-73)56(113)61(30(14-89)127-76)129-68-35(79-20(4)92)46(103)58(27(11-86)124-68)131-72-54(111)50(107)40(97)24(8-83)121-72/h17,23-76,82-89,95-115H,7-16H2,1-6H3,(H,77,90)(H,78,91)(H,79,92)(H,80,93)(H,81,94)/t17-,23+,24+,25+,26+,27+,28+,29+,30+,31+,32+,33+,34+,35+,36+,37+,38+,39+,40-,41-,42+,43+,44+,45+,46+,47+,48+,49+,50-,51-,52-,53-,54+,55+,56-,57-,58+,59+,60+,61+,62+,63-,64-,65-,66?,67-,68-,69-,70-,71+,72-,73-,74-,75-,76+/m0/s1. The zero-order valence-corrected chi connectivity index (χ0v) is 73.4. The van der Waals surface area contributed by atoms with Gasteiger partial charge >= 0.3 is 0 Å². The van der Waals surface area contributed by atoms with Crippen molar-refractivity contribution in [2.75, 3.05) is 66.1 Å². The maximum Gasteiger partial charge on any atom is 0.217 e. The van der Waals surface area contributed by atoms with E-state index in [2.05, 4.69) is 26.6 Å². The Kier molecular flexibility index (Phi) is 40.1. The van der Waals surface area contributed by atoms with Crippen molar-refractivity contribution in [3.63, 3.8) is 0 Å². The Hall–Kier alpha value is -4.65. The first-order valence-corrected chi connectivity index (χ1v) is 43.5. The summed E-state index contributed by atoms with van der Waals surface area (Å²) in [6.45, 7) is -5.70. The number of nitrogens with one attached hydrogen (secondary N) is 5. The summed E-state index contributed by atoms with van der Waals surface area (Å²) in [7, 11) is 0. The summed E-state index contributed by atoms with van der Waals surface area (Å²) in [6, 6.07) is -9.88. The van der Waals surface area contributed by atoms with E-state index < -0.39 is 433 Å². The average molecular weight is 1990 g/mol. The van der Waals surface area contributed by atoms with Gasteiger partial charge in [-0.15, -0.1) is 0 Å². The van der Waals surface area contributed by atoms with E-state index in [-0.39, 0.29) is 0 Å². The minimum Gasteiger partial charge on any atom is -0.394 e. The first-order chi connectivity index (χ1) is 64.3. The number of carbonyl (C=O) groups is 5. The predicted octanol–water partition coefficient (Wildman–Crippen LogP) is -23.2. The summed E-state index contributed by atoms with van der Waals surface area (Å²) in [6.07, 6.45) is -107. The molecule has 5 amide bonds. The van der Waals surface area contributed by atoms with Gasteiger partial charge in [-0.1, -0.05) is 0 Å². The van der Waals surface area contributed by atoms with Gasteiger partial charge in [-0.2, -0.15) is 0 Å². The van der Waals surface area contributed by atoms with E-state index in [1.54, 1.807) is 0 Å². The molecular formula is C76H127N5O55. The first-order valence-electron chi connectivity index (χ1n) is 43.5. The molecule has 60 heteroatoms. The number of rotatable bonds is 35. The lowest BCUT2D eigenvalue weighted by Crippen LogP contribution is -2.71. The van der Waals surface area contributed by atoms with Crippen LogP contribution in [0.1, 0.15) is 41.5 Å². The van der Waals surface area contributed by atoms with Crippen molar-refractivity contribution in [1.82, 2.24) is 26.6 Å². The monoisotopic (exact) mass is 1990 g/mol. The van der Waals surface area contributed by atoms with Crippen LogP contribution in [-0.2, 0) is 123 Å². The van der Waals surface area contributed by atoms with Crippen molar-refractivity contribution >= 4 is 29.5 Å². The second-order valence-corrected chi connectivity index (χ2v) is 34.5. The minimum absolute atomic E-state index is 0.870. The lowest BCUT2D eigenvalue weighted by atomic mass is 9.93. The van der Waals surface area contributed by atoms with Crippen LogP contribution in [0.25, 0.3) is 0 Å². The molecule has 136 heavy (non-hydrogen) atoms. The number of aliphatic hydroxyl groups is 29. The third-order valence-corrected chi connectivity index (χ3v) is 24.9. The van der Waals surface area contributed by atoms with Crippen LogP contribution in [0.2, 0.25) is 0 Å². The molecular weight excluding hydrogens is 1860 g/mol. The van der Waals surface area contributed by atoms with Crippen molar-refractivity contribution in [1.29, 1.82) is 0 Å². The smallest absolute Gasteiger partial charge is 0.217 e. The van der Waals surface area contributed by atoms with E-state index >= 15 is 0 Å². The molecule has 34 N–H and O–H groups in total. The van der Waals surface area contributed by atoms with Crippen molar-refractivity contribution in [3.05, 3.63) is 0 Å². The lowest BCUT2D eigenvalue weighted by Gasteiger charge is -2.52. The molecule has 11 aliphatic heterocycles. The molecule has 0 saturated carbocycles. The second kappa shape index (κ2) is 48.8. The highest BCUT2D eigenvalue weighted by molar-refractivity contribution is 5.75. The van der Waals surface area contributed by atoms with Crippen LogP contribution in [-0.4, -0.2) is 581 Å². The normalized spacial score (nSPS) is 49.2. The maximum atomic E-state index is 13.4. The highest BCUT2D eigenvalue weighted by Gasteiger charge is 2.63. The molecule has 0 aromatic carbocycles. The van der Waals surface area contributed by atoms with Gasteiger partial charge in [0, 0.05) is 34.6 Å². The van der Waals surface area contributed by atoms with Crippen molar-refractivity contribution in [3.8, 4) is 0 Å². The number of carbonyl (C=O) groups excluding carboxylic acids is 5. The highest BCUT2D eigenvalue weighted by atomic mass is 16.8. The minimum atomic E-state index is -2.75. The Morgan fingerprint density at radius 2 is 0.463 bits per heavy atom. The summed E-state index contributed by atoms with van der Waals surface area (Å²) < 4.78 is 127. The molecule has 0 radical (unpaired) electrons. The van der Waals surface area contributed by atoms with Crippen molar-refractivity contribution in [2.45, 2.75) is 379 Å². The van der Waals surface area contributed by atoms with Gasteiger partial charge in [-0.25, -0.2) is 0 Å². The van der Waals surface area contributed by atoms with Crippen LogP contribution in [0.5, 0.6) is 0 Å². The van der Waals surface area contributed by atoms with Gasteiger partial charge < -0.3 is 274 Å². The fourth-order valence-electron chi connectivity index (χ4n) is 17.7. The molecule has 0 aromatic heterocycles. The molecule has 11 heterocycles. The predicted molar refractivity (Wildman–Crippen MR) is 419 cm³/mol. The summed E-state index contributed by atoms with van der Waals surface area (Å²) in [4.78, 5) is 65.2. The third kappa shape index (κ3) is 24.8. The first kappa shape index (κ1) is 112. The van der Waals surface area contributed by atoms with Gasteiger partial charge in [0.25, 0.3) is 0 Å². The van der Waals surface area contributed by atoms with Gasteiger partial charge in [0.1, 0.15) is 262 Å². The molecule has 11 saturated heterocycles. The lowest BCUT2D eigenvalue weighted by molar-refractivity contribution is -0.406. The van der Waals surface area contributed by atoms with E-state index in [1.165, 1.54) is 6.92 Å². The van der Waals surface area contributed by atoms with Crippen LogP contribution >= 0.6 is 0 Å². The van der Waals surface area contributed by atoms with Crippen molar-refractivity contribution in [2.24, 2.45) is 0 Å². The molecule has 0 aromatic rings. The molecule has 55 atom stereocenters. The average Bonchev–Trinajstić information content (AvgIpc) is 0.757.